The first-order valence-corrected chi connectivity index (χ1v) is 5.00. The number of hydrogen-bond acceptors (Lipinski definition) is 2. The Hall–Kier alpha value is -1.24. The molecule has 0 radical (unpaired) electrons. The van der Waals surface area contributed by atoms with Gasteiger partial charge in [-0.25, -0.2) is 4.99 Å². The molecule has 0 aliphatic carbocycles. The van der Waals surface area contributed by atoms with Crippen molar-refractivity contribution in [3.63, 3.8) is 0 Å². The number of benzene rings is 1. The van der Waals surface area contributed by atoms with Crippen molar-refractivity contribution in [2.24, 2.45) is 4.99 Å². The van der Waals surface area contributed by atoms with Crippen LogP contribution in [-0.2, 0) is 12.8 Å². The molecular weight excluding hydrogens is 190 g/mol. The van der Waals surface area contributed by atoms with Gasteiger partial charge < -0.3 is 0 Å². The molecule has 0 bridgehead atoms. The van der Waals surface area contributed by atoms with Gasteiger partial charge in [0, 0.05) is 0 Å². The van der Waals surface area contributed by atoms with Gasteiger partial charge in [0.2, 0.25) is 0 Å². The van der Waals surface area contributed by atoms with Gasteiger partial charge in [0.15, 0.2) is 0 Å². The van der Waals surface area contributed by atoms with Gasteiger partial charge in [-0.05, 0) is 36.2 Å². The van der Waals surface area contributed by atoms with E-state index in [4.69, 9.17) is 0 Å². The highest BCUT2D eigenvalue weighted by Gasteiger charge is 1.98. The molecule has 0 fully saturated rings. The third kappa shape index (κ3) is 3.25. The van der Waals surface area contributed by atoms with E-state index in [2.05, 4.69) is 41.1 Å². The van der Waals surface area contributed by atoms with Crippen LogP contribution >= 0.6 is 12.2 Å². The molecule has 1 nitrogen and oxygen atoms in total. The molecule has 0 spiro atoms. The van der Waals surface area contributed by atoms with Crippen molar-refractivity contribution in [2.45, 2.75) is 12.8 Å². The molecule has 0 aromatic heterocycles. The predicted molar refractivity (Wildman–Crippen MR) is 63.9 cm³/mol. The van der Waals surface area contributed by atoms with Crippen molar-refractivity contribution < 1.29 is 0 Å². The lowest BCUT2D eigenvalue weighted by molar-refractivity contribution is 0.956. The summed E-state index contributed by atoms with van der Waals surface area (Å²) in [7, 11) is 0. The summed E-state index contributed by atoms with van der Waals surface area (Å²) in [5, 5.41) is 2.38. The molecule has 0 saturated heterocycles. The van der Waals surface area contributed by atoms with E-state index in [0.29, 0.717) is 0 Å². The highest BCUT2D eigenvalue weighted by Crippen LogP contribution is 2.10. The lowest BCUT2D eigenvalue weighted by Gasteiger charge is -2.04. The fourth-order valence-corrected chi connectivity index (χ4v) is 1.47. The van der Waals surface area contributed by atoms with Gasteiger partial charge in [-0.15, -0.1) is 6.58 Å². The molecule has 1 aromatic carbocycles. The van der Waals surface area contributed by atoms with Gasteiger partial charge in [-0.3, -0.25) is 0 Å². The fraction of sp³-hybridized carbons (Fsp3) is 0.250. The van der Waals surface area contributed by atoms with Crippen LogP contribution in [0.1, 0.15) is 11.1 Å². The first kappa shape index (κ1) is 10.8. The van der Waals surface area contributed by atoms with Crippen LogP contribution in [0.5, 0.6) is 0 Å². The number of nitrogens with zero attached hydrogens (tertiary/aromatic N) is 1. The zero-order chi connectivity index (χ0) is 10.2. The van der Waals surface area contributed by atoms with Gasteiger partial charge in [-0.2, -0.15) is 0 Å². The van der Waals surface area contributed by atoms with Gasteiger partial charge in [-0.1, -0.05) is 30.3 Å². The second-order valence-electron chi connectivity index (χ2n) is 2.98. The maximum atomic E-state index is 4.52. The van der Waals surface area contributed by atoms with Crippen LogP contribution in [0.25, 0.3) is 0 Å². The summed E-state index contributed by atoms with van der Waals surface area (Å²) in [4.78, 5) is 3.91. The number of allylic oxidation sites excluding steroid dienone is 1. The molecule has 0 N–H and O–H groups in total. The fourth-order valence-electron chi connectivity index (χ4n) is 1.38. The summed E-state index contributed by atoms with van der Waals surface area (Å²) in [5.41, 5.74) is 2.64. The molecule has 0 aliphatic heterocycles. The van der Waals surface area contributed by atoms with Crippen molar-refractivity contribution in [2.75, 3.05) is 6.54 Å². The topological polar surface area (TPSA) is 12.4 Å². The normalized spacial score (nSPS) is 9.14. The molecule has 0 saturated carbocycles. The largest absolute Gasteiger partial charge is 0.232 e. The molecule has 0 aliphatic rings. The summed E-state index contributed by atoms with van der Waals surface area (Å²) >= 11 is 4.52. The zero-order valence-electron chi connectivity index (χ0n) is 8.07. The zero-order valence-corrected chi connectivity index (χ0v) is 8.89. The van der Waals surface area contributed by atoms with Gasteiger partial charge in [0.25, 0.3) is 0 Å². The van der Waals surface area contributed by atoms with Crippen LogP contribution in [0.2, 0.25) is 0 Å². The lowest BCUT2D eigenvalue weighted by Crippen LogP contribution is -1.95. The third-order valence-electron chi connectivity index (χ3n) is 2.04. The Bertz CT molecular complexity index is 351. The van der Waals surface area contributed by atoms with E-state index in [1.165, 1.54) is 11.1 Å². The smallest absolute Gasteiger partial charge is 0.0585 e. The summed E-state index contributed by atoms with van der Waals surface area (Å²) in [6.07, 6.45) is 3.76. The standard InChI is InChI=1S/C12H13NS/c1-2-5-11-6-3-4-7-12(11)8-9-13-10-14/h2-4,6-7H,1,5,8-9H2. The maximum Gasteiger partial charge on any atom is 0.0585 e. The van der Waals surface area contributed by atoms with Crippen LogP contribution in [0, 0.1) is 0 Å². The average Bonchev–Trinajstić information content (AvgIpc) is 2.21. The highest BCUT2D eigenvalue weighted by atomic mass is 32.1. The minimum absolute atomic E-state index is 0.720. The van der Waals surface area contributed by atoms with Crippen molar-refractivity contribution in [1.82, 2.24) is 0 Å². The Balaban J connectivity index is 2.72. The first-order valence-electron chi connectivity index (χ1n) is 4.59. The number of rotatable bonds is 5. The predicted octanol–water partition coefficient (Wildman–Crippen LogP) is 3.06. The molecule has 0 amide bonds. The molecule has 1 rings (SSSR count). The quantitative estimate of drug-likeness (QED) is 0.407. The maximum absolute atomic E-state index is 4.52. The SMILES string of the molecule is C=CCc1ccccc1CCN=C=S. The van der Waals surface area contributed by atoms with Crippen molar-refractivity contribution in [3.05, 3.63) is 48.0 Å². The monoisotopic (exact) mass is 203 g/mol. The van der Waals surface area contributed by atoms with Crippen LogP contribution in [0.15, 0.2) is 41.9 Å². The summed E-state index contributed by atoms with van der Waals surface area (Å²) < 4.78 is 0. The average molecular weight is 203 g/mol. The molecule has 72 valence electrons. The van der Waals surface area contributed by atoms with E-state index in [1.54, 1.807) is 0 Å². The Morgan fingerprint density at radius 3 is 2.71 bits per heavy atom. The van der Waals surface area contributed by atoms with E-state index in [-0.39, 0.29) is 0 Å². The molecule has 0 unspecified atom stereocenters. The van der Waals surface area contributed by atoms with Crippen LogP contribution < -0.4 is 0 Å². The van der Waals surface area contributed by atoms with E-state index < -0.39 is 0 Å². The Labute approximate surface area is 90.2 Å². The van der Waals surface area contributed by atoms with Gasteiger partial charge in [0.05, 0.1) is 11.7 Å². The summed E-state index contributed by atoms with van der Waals surface area (Å²) in [6.45, 7) is 4.46. The van der Waals surface area contributed by atoms with Crippen LogP contribution in [0.3, 0.4) is 0 Å². The highest BCUT2D eigenvalue weighted by molar-refractivity contribution is 7.78. The van der Waals surface area contributed by atoms with Crippen molar-refractivity contribution >= 4 is 17.4 Å². The molecule has 14 heavy (non-hydrogen) atoms. The van der Waals surface area contributed by atoms with E-state index >= 15 is 0 Å². The van der Waals surface area contributed by atoms with Crippen LogP contribution in [0.4, 0.5) is 0 Å². The molecular formula is C12H13NS. The molecule has 1 aromatic rings. The Kier molecular flexibility index (Phi) is 4.84. The Morgan fingerprint density at radius 2 is 2.07 bits per heavy atom. The molecule has 2 heteroatoms. The first-order chi connectivity index (χ1) is 6.88. The van der Waals surface area contributed by atoms with Crippen molar-refractivity contribution in [3.8, 4) is 0 Å². The van der Waals surface area contributed by atoms with Crippen LogP contribution in [-0.4, -0.2) is 11.7 Å². The number of aliphatic imine (C=N–C) groups is 1. The summed E-state index contributed by atoms with van der Waals surface area (Å²) in [6, 6.07) is 8.34. The Morgan fingerprint density at radius 1 is 1.36 bits per heavy atom. The van der Waals surface area contributed by atoms with E-state index in [1.807, 2.05) is 18.2 Å². The number of thiocarbonyl (C=S) groups is 1. The third-order valence-corrected chi connectivity index (χ3v) is 2.17. The number of hydrogen-bond donors (Lipinski definition) is 0. The van der Waals surface area contributed by atoms with Gasteiger partial charge >= 0.3 is 0 Å². The van der Waals surface area contributed by atoms with E-state index in [0.717, 1.165) is 19.4 Å². The second-order valence-corrected chi connectivity index (χ2v) is 3.17. The second kappa shape index (κ2) is 6.25. The minimum atomic E-state index is 0.720. The van der Waals surface area contributed by atoms with E-state index in [9.17, 15) is 0 Å². The number of isothiocyanates is 1. The van der Waals surface area contributed by atoms with Gasteiger partial charge in [0.1, 0.15) is 0 Å². The minimum Gasteiger partial charge on any atom is -0.232 e. The summed E-state index contributed by atoms with van der Waals surface area (Å²) in [5.74, 6) is 0. The molecule has 0 atom stereocenters. The lowest BCUT2D eigenvalue weighted by atomic mass is 10.0. The molecule has 0 heterocycles. The van der Waals surface area contributed by atoms with Crippen molar-refractivity contribution in [1.29, 1.82) is 0 Å².